The second kappa shape index (κ2) is 6.38. The molecule has 0 atom stereocenters. The van der Waals surface area contributed by atoms with Crippen LogP contribution in [0.25, 0.3) is 10.9 Å². The fourth-order valence-electron chi connectivity index (χ4n) is 2.31. The third-order valence-electron chi connectivity index (χ3n) is 3.38. The highest BCUT2D eigenvalue weighted by Gasteiger charge is 2.12. The maximum atomic E-state index is 12.1. The van der Waals surface area contributed by atoms with E-state index < -0.39 is 0 Å². The molecule has 3 rings (SSSR count). The average Bonchev–Trinajstić information content (AvgIpc) is 2.93. The highest BCUT2D eigenvalue weighted by molar-refractivity contribution is 6.34. The van der Waals surface area contributed by atoms with E-state index in [1.54, 1.807) is 12.1 Å². The van der Waals surface area contributed by atoms with Crippen molar-refractivity contribution >= 4 is 40.0 Å². The highest BCUT2D eigenvalue weighted by atomic mass is 35.5. The Labute approximate surface area is 137 Å². The van der Waals surface area contributed by atoms with Crippen LogP contribution in [0.2, 0.25) is 10.2 Å². The van der Waals surface area contributed by atoms with Crippen molar-refractivity contribution in [3.63, 3.8) is 0 Å². The Kier molecular flexibility index (Phi) is 4.32. The van der Waals surface area contributed by atoms with Gasteiger partial charge in [0.25, 0.3) is 5.91 Å². The number of aromatic nitrogens is 2. The van der Waals surface area contributed by atoms with Gasteiger partial charge in [0.2, 0.25) is 0 Å². The molecule has 112 valence electrons. The smallest absolute Gasteiger partial charge is 0.271 e. The lowest BCUT2D eigenvalue weighted by molar-refractivity contribution is 0.0949. The van der Waals surface area contributed by atoms with E-state index in [0.29, 0.717) is 13.0 Å². The van der Waals surface area contributed by atoms with Crippen LogP contribution < -0.4 is 5.32 Å². The maximum absolute atomic E-state index is 12.1. The highest BCUT2D eigenvalue weighted by Crippen LogP contribution is 2.18. The predicted octanol–water partition coefficient (Wildman–Crippen LogP) is 3.84. The first-order valence-corrected chi connectivity index (χ1v) is 7.56. The van der Waals surface area contributed by atoms with E-state index in [1.807, 2.05) is 24.4 Å². The molecule has 0 aliphatic rings. The van der Waals surface area contributed by atoms with Crippen LogP contribution in [0.5, 0.6) is 0 Å². The number of carbonyl (C=O) groups excluding carboxylic acids is 1. The summed E-state index contributed by atoms with van der Waals surface area (Å²) in [5.74, 6) is -0.327. The zero-order valence-electron chi connectivity index (χ0n) is 11.6. The summed E-state index contributed by atoms with van der Waals surface area (Å²) in [5, 5.41) is 4.50. The molecule has 0 saturated heterocycles. The summed E-state index contributed by atoms with van der Waals surface area (Å²) in [6, 6.07) is 11.2. The Morgan fingerprint density at radius 3 is 2.86 bits per heavy atom. The fourth-order valence-corrected chi connectivity index (χ4v) is 2.65. The molecular weight excluding hydrogens is 321 g/mol. The van der Waals surface area contributed by atoms with Gasteiger partial charge >= 0.3 is 0 Å². The molecule has 22 heavy (non-hydrogen) atoms. The van der Waals surface area contributed by atoms with Gasteiger partial charge in [0.15, 0.2) is 0 Å². The molecule has 6 heteroatoms. The molecule has 4 nitrogen and oxygen atoms in total. The van der Waals surface area contributed by atoms with Crippen molar-refractivity contribution in [1.29, 1.82) is 0 Å². The van der Waals surface area contributed by atoms with E-state index in [-0.39, 0.29) is 21.8 Å². The number of hydrogen-bond acceptors (Lipinski definition) is 2. The SMILES string of the molecule is O=C(NCCc1c[nH]c2ccccc12)c1nc(Cl)ccc1Cl. The van der Waals surface area contributed by atoms with Gasteiger partial charge in [-0.2, -0.15) is 0 Å². The Hall–Kier alpha value is -2.04. The minimum Gasteiger partial charge on any atom is -0.361 e. The van der Waals surface area contributed by atoms with Gasteiger partial charge in [-0.1, -0.05) is 41.4 Å². The number of nitrogens with zero attached hydrogens (tertiary/aromatic N) is 1. The number of para-hydroxylation sites is 1. The largest absolute Gasteiger partial charge is 0.361 e. The minimum absolute atomic E-state index is 0.146. The first-order valence-electron chi connectivity index (χ1n) is 6.80. The van der Waals surface area contributed by atoms with E-state index in [1.165, 1.54) is 0 Å². The summed E-state index contributed by atoms with van der Waals surface area (Å²) in [7, 11) is 0. The third kappa shape index (κ3) is 3.08. The number of pyridine rings is 1. The molecular formula is C16H13Cl2N3O. The van der Waals surface area contributed by atoms with Crippen molar-refractivity contribution in [2.24, 2.45) is 0 Å². The molecule has 0 radical (unpaired) electrons. The number of halogens is 2. The number of carbonyl (C=O) groups is 1. The molecule has 0 bridgehead atoms. The van der Waals surface area contributed by atoms with Crippen LogP contribution in [0.4, 0.5) is 0 Å². The van der Waals surface area contributed by atoms with Crippen LogP contribution in [0.1, 0.15) is 16.1 Å². The monoisotopic (exact) mass is 333 g/mol. The number of fused-ring (bicyclic) bond motifs is 1. The van der Waals surface area contributed by atoms with Gasteiger partial charge in [-0.15, -0.1) is 0 Å². The molecule has 3 aromatic rings. The molecule has 0 unspecified atom stereocenters. The first-order chi connectivity index (χ1) is 10.6. The number of aromatic amines is 1. The lowest BCUT2D eigenvalue weighted by Gasteiger charge is -2.06. The van der Waals surface area contributed by atoms with Crippen molar-refractivity contribution in [3.05, 3.63) is 64.0 Å². The Morgan fingerprint density at radius 1 is 1.18 bits per heavy atom. The lowest BCUT2D eigenvalue weighted by Crippen LogP contribution is -2.26. The number of rotatable bonds is 4. The summed E-state index contributed by atoms with van der Waals surface area (Å²) in [6.07, 6.45) is 2.68. The average molecular weight is 334 g/mol. The van der Waals surface area contributed by atoms with Crippen LogP contribution in [-0.4, -0.2) is 22.4 Å². The van der Waals surface area contributed by atoms with Crippen molar-refractivity contribution in [2.75, 3.05) is 6.54 Å². The standard InChI is InChI=1S/C16H13Cl2N3O/c17-12-5-6-14(18)21-15(12)16(22)19-8-7-10-9-20-13-4-2-1-3-11(10)13/h1-6,9,20H,7-8H2,(H,19,22). The van der Waals surface area contributed by atoms with E-state index in [4.69, 9.17) is 23.2 Å². The molecule has 2 N–H and O–H groups in total. The third-order valence-corrected chi connectivity index (χ3v) is 3.90. The molecule has 2 aromatic heterocycles. The summed E-state index contributed by atoms with van der Waals surface area (Å²) in [6.45, 7) is 0.491. The van der Waals surface area contributed by atoms with E-state index in [0.717, 1.165) is 16.5 Å². The van der Waals surface area contributed by atoms with Crippen molar-refractivity contribution in [1.82, 2.24) is 15.3 Å². The minimum atomic E-state index is -0.327. The normalized spacial score (nSPS) is 10.8. The van der Waals surface area contributed by atoms with Crippen molar-refractivity contribution in [3.8, 4) is 0 Å². The van der Waals surface area contributed by atoms with Gasteiger partial charge in [-0.25, -0.2) is 4.98 Å². The second-order valence-electron chi connectivity index (χ2n) is 4.83. The van der Waals surface area contributed by atoms with Gasteiger partial charge in [0.05, 0.1) is 5.02 Å². The van der Waals surface area contributed by atoms with Gasteiger partial charge in [-0.05, 0) is 30.2 Å². The number of amides is 1. The quantitative estimate of drug-likeness (QED) is 0.712. The summed E-state index contributed by atoms with van der Waals surface area (Å²) >= 11 is 11.7. The zero-order valence-corrected chi connectivity index (χ0v) is 13.1. The first kappa shape index (κ1) is 14.9. The summed E-state index contributed by atoms with van der Waals surface area (Å²) < 4.78 is 0. The fraction of sp³-hybridized carbons (Fsp3) is 0.125. The molecule has 0 fully saturated rings. The van der Waals surface area contributed by atoms with Gasteiger partial charge in [-0.3, -0.25) is 4.79 Å². The number of H-pyrrole nitrogens is 1. The zero-order chi connectivity index (χ0) is 15.5. The Balaban J connectivity index is 1.65. The van der Waals surface area contributed by atoms with Gasteiger partial charge in [0.1, 0.15) is 10.8 Å². The number of nitrogens with one attached hydrogen (secondary N) is 2. The van der Waals surface area contributed by atoms with Crippen LogP contribution >= 0.6 is 23.2 Å². The topological polar surface area (TPSA) is 57.8 Å². The van der Waals surface area contributed by atoms with E-state index >= 15 is 0 Å². The second-order valence-corrected chi connectivity index (χ2v) is 5.62. The maximum Gasteiger partial charge on any atom is 0.271 e. The molecule has 0 saturated carbocycles. The molecule has 2 heterocycles. The van der Waals surface area contributed by atoms with E-state index in [9.17, 15) is 4.79 Å². The lowest BCUT2D eigenvalue weighted by atomic mass is 10.1. The van der Waals surface area contributed by atoms with Crippen molar-refractivity contribution < 1.29 is 4.79 Å². The molecule has 0 aliphatic carbocycles. The van der Waals surface area contributed by atoms with Crippen LogP contribution in [0, 0.1) is 0 Å². The van der Waals surface area contributed by atoms with Gasteiger partial charge < -0.3 is 10.3 Å². The van der Waals surface area contributed by atoms with Crippen molar-refractivity contribution in [2.45, 2.75) is 6.42 Å². The van der Waals surface area contributed by atoms with Crippen LogP contribution in [0.3, 0.4) is 0 Å². The van der Waals surface area contributed by atoms with Gasteiger partial charge in [0, 0.05) is 23.6 Å². The van der Waals surface area contributed by atoms with E-state index in [2.05, 4.69) is 21.4 Å². The molecule has 0 aliphatic heterocycles. The number of benzene rings is 1. The Morgan fingerprint density at radius 2 is 2.00 bits per heavy atom. The summed E-state index contributed by atoms with van der Waals surface area (Å²) in [5.41, 5.74) is 2.39. The van der Waals surface area contributed by atoms with Crippen LogP contribution in [0.15, 0.2) is 42.6 Å². The molecule has 1 amide bonds. The Bertz CT molecular complexity index is 829. The summed E-state index contributed by atoms with van der Waals surface area (Å²) in [4.78, 5) is 19.2. The molecule has 1 aromatic carbocycles. The number of hydrogen-bond donors (Lipinski definition) is 2. The molecule has 0 spiro atoms. The van der Waals surface area contributed by atoms with Crippen LogP contribution in [-0.2, 0) is 6.42 Å². The predicted molar refractivity (Wildman–Crippen MR) is 88.6 cm³/mol.